The Hall–Kier alpha value is 0.130. The van der Waals surface area contributed by atoms with E-state index in [-0.39, 0.29) is 0 Å². The van der Waals surface area contributed by atoms with E-state index in [1.807, 2.05) is 0 Å². The van der Waals surface area contributed by atoms with E-state index >= 15 is 0 Å². The molecule has 0 aliphatic heterocycles. The van der Waals surface area contributed by atoms with Gasteiger partial charge in [0.25, 0.3) is 0 Å². The van der Waals surface area contributed by atoms with Gasteiger partial charge in [0, 0.05) is 0 Å². The van der Waals surface area contributed by atoms with E-state index in [9.17, 15) is 0 Å². The molecule has 0 nitrogen and oxygen atoms in total. The lowest BCUT2D eigenvalue weighted by Gasteiger charge is -2.34. The minimum absolute atomic E-state index is 0.482. The molecule has 0 fully saturated rings. The van der Waals surface area contributed by atoms with Crippen molar-refractivity contribution in [2.45, 2.75) is 52.2 Å². The van der Waals surface area contributed by atoms with E-state index in [1.54, 1.807) is 0 Å². The lowest BCUT2D eigenvalue weighted by atomic mass is 9.47. The van der Waals surface area contributed by atoms with Crippen molar-refractivity contribution in [3.63, 3.8) is 0 Å². The van der Waals surface area contributed by atoms with Crippen LogP contribution in [0.15, 0.2) is 0 Å². The Labute approximate surface area is 80.3 Å². The van der Waals surface area contributed by atoms with Gasteiger partial charge < -0.3 is 0 Å². The van der Waals surface area contributed by atoms with Crippen molar-refractivity contribution in [3.05, 3.63) is 0 Å². The van der Waals surface area contributed by atoms with E-state index in [2.05, 4.69) is 43.4 Å². The van der Waals surface area contributed by atoms with E-state index in [0.29, 0.717) is 5.21 Å². The molecule has 0 spiro atoms. The van der Waals surface area contributed by atoms with Gasteiger partial charge in [-0.05, 0) is 5.92 Å². The Balaban J connectivity index is 4.11. The molecule has 0 rings (SSSR count). The third-order valence-corrected chi connectivity index (χ3v) is 3.26. The van der Waals surface area contributed by atoms with Gasteiger partial charge in [0.05, 0.1) is 15.7 Å². The van der Waals surface area contributed by atoms with Crippen molar-refractivity contribution >= 4 is 15.7 Å². The first-order chi connectivity index (χ1) is 5.43. The Morgan fingerprint density at radius 3 is 2.00 bits per heavy atom. The van der Waals surface area contributed by atoms with Crippen LogP contribution >= 0.6 is 0 Å². The molecule has 0 aliphatic rings. The van der Waals surface area contributed by atoms with E-state index in [0.717, 1.165) is 11.8 Å². The Morgan fingerprint density at radius 2 is 1.75 bits per heavy atom. The molecule has 0 amide bonds. The smallest absolute Gasteiger partial charge is 0.0845 e. The van der Waals surface area contributed by atoms with Gasteiger partial charge in [-0.3, -0.25) is 0 Å². The molecule has 0 radical (unpaired) electrons. The molecule has 70 valence electrons. The molecule has 0 aromatic heterocycles. The van der Waals surface area contributed by atoms with Gasteiger partial charge in [0.15, 0.2) is 0 Å². The van der Waals surface area contributed by atoms with Crippen LogP contribution < -0.4 is 0 Å². The third-order valence-electron chi connectivity index (χ3n) is 3.26. The maximum Gasteiger partial charge on any atom is 0.0992 e. The Kier molecular flexibility index (Phi) is 5.04. The van der Waals surface area contributed by atoms with Crippen LogP contribution in [0.25, 0.3) is 0 Å². The van der Waals surface area contributed by atoms with Crippen molar-refractivity contribution in [2.75, 3.05) is 0 Å². The van der Waals surface area contributed by atoms with Crippen molar-refractivity contribution in [2.24, 2.45) is 11.8 Å². The predicted octanol–water partition coefficient (Wildman–Crippen LogP) is 1.85. The zero-order valence-corrected chi connectivity index (χ0v) is 9.78. The van der Waals surface area contributed by atoms with Gasteiger partial charge >= 0.3 is 0 Å². The molecule has 2 heteroatoms. The quantitative estimate of drug-likeness (QED) is 0.546. The van der Waals surface area contributed by atoms with Crippen molar-refractivity contribution in [1.82, 2.24) is 0 Å². The Morgan fingerprint density at radius 1 is 1.25 bits per heavy atom. The summed E-state index contributed by atoms with van der Waals surface area (Å²) in [5, 5.41) is 0.482. The highest BCUT2D eigenvalue weighted by molar-refractivity contribution is 6.39. The number of hydrogen-bond donors (Lipinski definition) is 0. The molecule has 0 aliphatic carbocycles. The molecular weight excluding hydrogens is 142 g/mol. The first-order valence-electron chi connectivity index (χ1n) is 5.43. The van der Waals surface area contributed by atoms with Crippen LogP contribution in [0, 0.1) is 11.8 Å². The molecule has 0 aromatic carbocycles. The van der Waals surface area contributed by atoms with Crippen LogP contribution in [0.5, 0.6) is 0 Å². The molecule has 0 bridgehead atoms. The lowest BCUT2D eigenvalue weighted by Crippen LogP contribution is -2.25. The Bertz CT molecular complexity index is 115. The fraction of sp³-hybridized carbons (Fsp3) is 1.00. The minimum Gasteiger partial charge on any atom is -0.0845 e. The van der Waals surface area contributed by atoms with Gasteiger partial charge in [0.2, 0.25) is 0 Å². The van der Waals surface area contributed by atoms with Crippen LogP contribution in [0.4, 0.5) is 0 Å². The summed E-state index contributed by atoms with van der Waals surface area (Å²) in [6.07, 6.45) is 4.07. The van der Waals surface area contributed by atoms with Crippen LogP contribution in [0.3, 0.4) is 0 Å². The molecule has 0 N–H and O–H groups in total. The summed E-state index contributed by atoms with van der Waals surface area (Å²) in [5.41, 5.74) is 0. The van der Waals surface area contributed by atoms with Crippen molar-refractivity contribution in [1.29, 1.82) is 0 Å². The highest BCUT2D eigenvalue weighted by atomic mass is 14.2. The average molecular weight is 166 g/mol. The summed E-state index contributed by atoms with van der Waals surface area (Å²) < 4.78 is 0. The largest absolute Gasteiger partial charge is 0.0992 e. The summed E-state index contributed by atoms with van der Waals surface area (Å²) in [6.45, 7) is 9.38. The zero-order valence-electron chi connectivity index (χ0n) is 9.78. The summed E-state index contributed by atoms with van der Waals surface area (Å²) in [5.74, 6) is 1.78. The van der Waals surface area contributed by atoms with Crippen LogP contribution in [0.2, 0.25) is 5.21 Å². The normalized spacial score (nSPS) is 17.3. The molecule has 0 heterocycles. The number of hydrogen-bond acceptors (Lipinski definition) is 0. The van der Waals surface area contributed by atoms with E-state index in [1.165, 1.54) is 19.3 Å². The SMILES string of the molecule is BC(B)(C)C(C)C(CC)CCC. The first kappa shape index (κ1) is 12.1. The summed E-state index contributed by atoms with van der Waals surface area (Å²) in [7, 11) is 4.71. The van der Waals surface area contributed by atoms with Gasteiger partial charge in [-0.2, -0.15) is 0 Å². The maximum atomic E-state index is 2.41. The van der Waals surface area contributed by atoms with Crippen LogP contribution in [-0.2, 0) is 0 Å². The van der Waals surface area contributed by atoms with Gasteiger partial charge in [-0.25, -0.2) is 0 Å². The van der Waals surface area contributed by atoms with E-state index < -0.39 is 0 Å². The first-order valence-corrected chi connectivity index (χ1v) is 5.43. The number of rotatable bonds is 5. The zero-order chi connectivity index (χ0) is 9.78. The molecule has 0 aromatic rings. The highest BCUT2D eigenvalue weighted by Gasteiger charge is 2.26. The highest BCUT2D eigenvalue weighted by Crippen LogP contribution is 2.36. The summed E-state index contributed by atoms with van der Waals surface area (Å²) in [4.78, 5) is 0. The standard InChI is InChI=1S/C10H24B2/c1-5-7-9(6-2)8(3)10(4,11)12/h8-9H,5-7,11-12H2,1-4H3. The predicted molar refractivity (Wildman–Crippen MR) is 63.3 cm³/mol. The maximum absolute atomic E-state index is 2.41. The second kappa shape index (κ2) is 4.99. The fourth-order valence-corrected chi connectivity index (χ4v) is 1.89. The molecule has 0 saturated heterocycles. The van der Waals surface area contributed by atoms with Gasteiger partial charge in [-0.15, -0.1) is 0 Å². The summed E-state index contributed by atoms with van der Waals surface area (Å²) in [6, 6.07) is 0. The molecule has 12 heavy (non-hydrogen) atoms. The van der Waals surface area contributed by atoms with Crippen LogP contribution in [0.1, 0.15) is 47.0 Å². The lowest BCUT2D eigenvalue weighted by molar-refractivity contribution is 0.298. The monoisotopic (exact) mass is 166 g/mol. The second-order valence-corrected chi connectivity index (χ2v) is 5.11. The topological polar surface area (TPSA) is 0 Å². The molecular formula is C10H24B2. The van der Waals surface area contributed by atoms with Crippen molar-refractivity contribution in [3.8, 4) is 0 Å². The van der Waals surface area contributed by atoms with Crippen LogP contribution in [-0.4, -0.2) is 15.7 Å². The molecule has 2 unspecified atom stereocenters. The van der Waals surface area contributed by atoms with E-state index in [4.69, 9.17) is 0 Å². The molecule has 2 atom stereocenters. The summed E-state index contributed by atoms with van der Waals surface area (Å²) >= 11 is 0. The van der Waals surface area contributed by atoms with Gasteiger partial charge in [0.1, 0.15) is 0 Å². The van der Waals surface area contributed by atoms with Crippen molar-refractivity contribution < 1.29 is 0 Å². The third kappa shape index (κ3) is 3.69. The minimum atomic E-state index is 0.482. The average Bonchev–Trinajstić information content (AvgIpc) is 1.97. The van der Waals surface area contributed by atoms with Gasteiger partial charge in [-0.1, -0.05) is 58.1 Å². The molecule has 0 saturated carbocycles. The second-order valence-electron chi connectivity index (χ2n) is 5.11. The fourth-order valence-electron chi connectivity index (χ4n) is 1.89.